The van der Waals surface area contributed by atoms with Gasteiger partial charge in [-0.25, -0.2) is 8.78 Å². The van der Waals surface area contributed by atoms with E-state index in [1.807, 2.05) is 35.4 Å². The molecule has 4 aromatic rings. The first-order valence-electron chi connectivity index (χ1n) is 9.42. The summed E-state index contributed by atoms with van der Waals surface area (Å²) in [6.07, 6.45) is 6.46. The average Bonchev–Trinajstić information content (AvgIpc) is 3.19. The number of fused-ring (bicyclic) bond motifs is 2. The summed E-state index contributed by atoms with van der Waals surface area (Å²) in [6.45, 7) is 1.60. The van der Waals surface area contributed by atoms with E-state index in [1.165, 1.54) is 23.3 Å². The number of hydrogen-bond acceptors (Lipinski definition) is 1. The van der Waals surface area contributed by atoms with Gasteiger partial charge in [0.15, 0.2) is 0 Å². The fraction of sp³-hybridized carbons (Fsp3) is 0.217. The Morgan fingerprint density at radius 3 is 2.29 bits per heavy atom. The van der Waals surface area contributed by atoms with E-state index in [-0.39, 0.29) is 17.6 Å². The number of nitrogens with one attached hydrogen (secondary N) is 1. The Bertz CT molecular complexity index is 1250. The number of aromatic nitrogens is 2. The molecule has 0 amide bonds. The number of halogens is 2. The van der Waals surface area contributed by atoms with Crippen LogP contribution in [0, 0.1) is 11.6 Å². The van der Waals surface area contributed by atoms with Crippen molar-refractivity contribution in [1.29, 1.82) is 0 Å². The number of hydrogen-bond donors (Lipinski definition) is 1. The van der Waals surface area contributed by atoms with Crippen LogP contribution in [-0.2, 0) is 14.1 Å². The lowest BCUT2D eigenvalue weighted by Crippen LogP contribution is -2.27. The maximum atomic E-state index is 13.7. The molecule has 3 heterocycles. The van der Waals surface area contributed by atoms with Gasteiger partial charge in [0.1, 0.15) is 11.6 Å². The Morgan fingerprint density at radius 2 is 1.54 bits per heavy atom. The van der Waals surface area contributed by atoms with Crippen molar-refractivity contribution >= 4 is 27.4 Å². The van der Waals surface area contributed by atoms with Crippen LogP contribution in [0.4, 0.5) is 8.78 Å². The second-order valence-electron chi connectivity index (χ2n) is 7.60. The predicted molar refractivity (Wildman–Crippen MR) is 109 cm³/mol. The third kappa shape index (κ3) is 2.66. The first-order chi connectivity index (χ1) is 13.5. The molecule has 3 nitrogen and oxygen atoms in total. The maximum Gasteiger partial charge on any atom is 0.125 e. The van der Waals surface area contributed by atoms with Crippen LogP contribution in [0.1, 0.15) is 17.0 Å². The molecule has 2 aromatic carbocycles. The third-order valence-corrected chi connectivity index (χ3v) is 5.76. The van der Waals surface area contributed by atoms with Crippen LogP contribution < -0.4 is 5.32 Å². The minimum absolute atomic E-state index is 0.189. The van der Waals surface area contributed by atoms with Crippen molar-refractivity contribution in [1.82, 2.24) is 14.5 Å². The van der Waals surface area contributed by atoms with Crippen LogP contribution in [0.15, 0.2) is 54.9 Å². The fourth-order valence-corrected chi connectivity index (χ4v) is 4.40. The molecular formula is C23H21F2N3. The van der Waals surface area contributed by atoms with Gasteiger partial charge < -0.3 is 14.5 Å². The molecule has 0 fully saturated rings. The SMILES string of the molecule is Cn1cc(C2=CC(c3cn(C)c4cc(F)ccc34)CNC2)c2ccc(F)cc21. The maximum absolute atomic E-state index is 13.7. The van der Waals surface area contributed by atoms with Gasteiger partial charge in [-0.2, -0.15) is 0 Å². The van der Waals surface area contributed by atoms with Gasteiger partial charge in [0.05, 0.1) is 11.0 Å². The molecule has 1 aliphatic rings. The molecule has 1 unspecified atom stereocenters. The Labute approximate surface area is 161 Å². The number of rotatable bonds is 2. The molecule has 142 valence electrons. The molecule has 0 saturated heterocycles. The van der Waals surface area contributed by atoms with Crippen molar-refractivity contribution in [3.8, 4) is 0 Å². The van der Waals surface area contributed by atoms with Gasteiger partial charge in [-0.05, 0) is 47.5 Å². The molecule has 0 aliphatic carbocycles. The monoisotopic (exact) mass is 377 g/mol. The summed E-state index contributed by atoms with van der Waals surface area (Å²) in [5, 5.41) is 5.65. The highest BCUT2D eigenvalue weighted by Gasteiger charge is 2.22. The first kappa shape index (κ1) is 17.2. The van der Waals surface area contributed by atoms with Gasteiger partial charge in [0, 0.05) is 61.8 Å². The Balaban J connectivity index is 1.62. The van der Waals surface area contributed by atoms with Crippen LogP contribution in [0.3, 0.4) is 0 Å². The molecule has 0 spiro atoms. The van der Waals surface area contributed by atoms with Crippen LogP contribution in [0.25, 0.3) is 27.4 Å². The zero-order chi connectivity index (χ0) is 19.4. The van der Waals surface area contributed by atoms with E-state index in [2.05, 4.69) is 23.8 Å². The molecule has 0 radical (unpaired) electrons. The summed E-state index contributed by atoms with van der Waals surface area (Å²) in [4.78, 5) is 0. The summed E-state index contributed by atoms with van der Waals surface area (Å²) in [7, 11) is 3.89. The van der Waals surface area contributed by atoms with E-state index in [4.69, 9.17) is 0 Å². The largest absolute Gasteiger partial charge is 0.350 e. The highest BCUT2D eigenvalue weighted by molar-refractivity contribution is 5.94. The van der Waals surface area contributed by atoms with Crippen molar-refractivity contribution in [2.75, 3.05) is 13.1 Å². The van der Waals surface area contributed by atoms with E-state index in [1.54, 1.807) is 12.1 Å². The number of nitrogens with zero attached hydrogens (tertiary/aromatic N) is 2. The van der Waals surface area contributed by atoms with Gasteiger partial charge in [0.2, 0.25) is 0 Å². The Kier molecular flexibility index (Phi) is 3.88. The number of aryl methyl sites for hydroxylation is 2. The van der Waals surface area contributed by atoms with Crippen molar-refractivity contribution in [2.24, 2.45) is 14.1 Å². The molecule has 0 saturated carbocycles. The molecule has 1 aliphatic heterocycles. The highest BCUT2D eigenvalue weighted by atomic mass is 19.1. The molecule has 2 aromatic heterocycles. The third-order valence-electron chi connectivity index (χ3n) is 5.76. The lowest BCUT2D eigenvalue weighted by molar-refractivity contribution is 0.628. The molecule has 28 heavy (non-hydrogen) atoms. The van der Waals surface area contributed by atoms with Crippen molar-refractivity contribution < 1.29 is 8.78 Å². The van der Waals surface area contributed by atoms with Crippen LogP contribution in [0.5, 0.6) is 0 Å². The topological polar surface area (TPSA) is 21.9 Å². The molecule has 0 bridgehead atoms. The van der Waals surface area contributed by atoms with Crippen LogP contribution in [0.2, 0.25) is 0 Å². The minimum Gasteiger partial charge on any atom is -0.350 e. The quantitative estimate of drug-likeness (QED) is 0.536. The molecule has 1 N–H and O–H groups in total. The average molecular weight is 377 g/mol. The Hall–Kier alpha value is -2.92. The standard InChI is InChI=1S/C23H21F2N3/c1-27-12-20(18-5-3-16(24)8-22(18)27)14-7-15(11-26-10-14)21-13-28(2)23-9-17(25)4-6-19(21)23/h3-9,12-14,26H,10-11H2,1-2H3. The summed E-state index contributed by atoms with van der Waals surface area (Å²) < 4.78 is 31.3. The molecule has 5 rings (SSSR count). The summed E-state index contributed by atoms with van der Waals surface area (Å²) in [5.74, 6) is -0.258. The fourth-order valence-electron chi connectivity index (χ4n) is 4.40. The zero-order valence-electron chi connectivity index (χ0n) is 15.8. The molecule has 1 atom stereocenters. The second kappa shape index (κ2) is 6.31. The van der Waals surface area contributed by atoms with Gasteiger partial charge in [0.25, 0.3) is 0 Å². The van der Waals surface area contributed by atoms with E-state index in [0.29, 0.717) is 0 Å². The van der Waals surface area contributed by atoms with Crippen LogP contribution in [-0.4, -0.2) is 22.2 Å². The van der Waals surface area contributed by atoms with Crippen LogP contribution >= 0.6 is 0 Å². The molecular weight excluding hydrogens is 356 g/mol. The lowest BCUT2D eigenvalue weighted by Gasteiger charge is -2.22. The lowest BCUT2D eigenvalue weighted by atomic mass is 9.90. The Morgan fingerprint density at radius 1 is 0.893 bits per heavy atom. The summed E-state index contributed by atoms with van der Waals surface area (Å²) >= 11 is 0. The minimum atomic E-state index is -0.225. The van der Waals surface area contributed by atoms with Gasteiger partial charge >= 0.3 is 0 Å². The first-order valence-corrected chi connectivity index (χ1v) is 9.42. The summed E-state index contributed by atoms with van der Waals surface area (Å²) in [5.41, 5.74) is 5.30. The van der Waals surface area contributed by atoms with E-state index in [9.17, 15) is 8.78 Å². The molecule has 5 heteroatoms. The van der Waals surface area contributed by atoms with E-state index >= 15 is 0 Å². The highest BCUT2D eigenvalue weighted by Crippen LogP contribution is 2.34. The van der Waals surface area contributed by atoms with Crippen molar-refractivity contribution in [3.63, 3.8) is 0 Å². The van der Waals surface area contributed by atoms with Gasteiger partial charge in [-0.15, -0.1) is 0 Å². The van der Waals surface area contributed by atoms with Gasteiger partial charge in [-0.3, -0.25) is 0 Å². The van der Waals surface area contributed by atoms with Gasteiger partial charge in [-0.1, -0.05) is 6.08 Å². The second-order valence-corrected chi connectivity index (χ2v) is 7.60. The predicted octanol–water partition coefficient (Wildman–Crippen LogP) is 4.72. The normalized spacial score (nSPS) is 17.4. The number of benzene rings is 2. The zero-order valence-corrected chi connectivity index (χ0v) is 15.8. The van der Waals surface area contributed by atoms with E-state index in [0.717, 1.165) is 40.5 Å². The van der Waals surface area contributed by atoms with E-state index < -0.39 is 0 Å². The van der Waals surface area contributed by atoms with Crippen molar-refractivity contribution in [3.05, 3.63) is 77.6 Å². The smallest absolute Gasteiger partial charge is 0.125 e. The summed E-state index contributed by atoms with van der Waals surface area (Å²) in [6, 6.07) is 9.91. The van der Waals surface area contributed by atoms with Crippen molar-refractivity contribution in [2.45, 2.75) is 5.92 Å².